The number of aromatic nitrogens is 3. The number of aromatic amines is 1. The second kappa shape index (κ2) is 6.95. The first kappa shape index (κ1) is 17.6. The van der Waals surface area contributed by atoms with Crippen LogP contribution in [-0.2, 0) is 12.7 Å². The molecule has 1 N–H and O–H groups in total. The van der Waals surface area contributed by atoms with Gasteiger partial charge in [-0.2, -0.15) is 13.2 Å². The smallest absolute Gasteiger partial charge is 0.359 e. The summed E-state index contributed by atoms with van der Waals surface area (Å²) in [5, 5.41) is 0.552. The van der Waals surface area contributed by atoms with Crippen LogP contribution >= 0.6 is 11.8 Å². The number of hydrogen-bond acceptors (Lipinski definition) is 3. The predicted molar refractivity (Wildman–Crippen MR) is 90.9 cm³/mol. The lowest BCUT2D eigenvalue weighted by atomic mass is 10.2. The molecule has 25 heavy (non-hydrogen) atoms. The zero-order chi connectivity index (χ0) is 18.0. The molecule has 0 aliphatic rings. The minimum absolute atomic E-state index is 0.0823. The molecule has 0 unspecified atom stereocenters. The molecular formula is C17H16F3N3OS. The average molecular weight is 367 g/mol. The highest BCUT2D eigenvalue weighted by Crippen LogP contribution is 2.33. The average Bonchev–Trinajstić information content (AvgIpc) is 3.20. The molecule has 0 saturated carbocycles. The van der Waals surface area contributed by atoms with Crippen molar-refractivity contribution in [2.45, 2.75) is 31.2 Å². The Morgan fingerprint density at radius 3 is 2.76 bits per heavy atom. The van der Waals surface area contributed by atoms with Crippen LogP contribution < -0.4 is 0 Å². The van der Waals surface area contributed by atoms with Crippen LogP contribution in [0.2, 0.25) is 0 Å². The van der Waals surface area contributed by atoms with Gasteiger partial charge in [-0.25, -0.2) is 4.98 Å². The van der Waals surface area contributed by atoms with E-state index in [2.05, 4.69) is 9.97 Å². The van der Waals surface area contributed by atoms with Crippen molar-refractivity contribution in [3.05, 3.63) is 47.8 Å². The number of ketones is 1. The zero-order valence-corrected chi connectivity index (χ0v) is 14.2. The monoisotopic (exact) mass is 367 g/mol. The minimum atomic E-state index is -4.40. The van der Waals surface area contributed by atoms with E-state index in [0.717, 1.165) is 18.6 Å². The Kier molecular flexibility index (Phi) is 4.89. The van der Waals surface area contributed by atoms with Crippen molar-refractivity contribution in [1.82, 2.24) is 14.5 Å². The Morgan fingerprint density at radius 2 is 2.12 bits per heavy atom. The molecule has 3 aromatic rings. The number of Topliss-reactive ketones (excluding diaryl/α,β-unsaturated/α-hetero) is 1. The highest BCUT2D eigenvalue weighted by Gasteiger charge is 2.31. The molecular weight excluding hydrogens is 351 g/mol. The van der Waals surface area contributed by atoms with Crippen LogP contribution in [0.15, 0.2) is 41.7 Å². The second-order valence-corrected chi connectivity index (χ2v) is 6.49. The third kappa shape index (κ3) is 3.73. The van der Waals surface area contributed by atoms with E-state index in [9.17, 15) is 18.0 Å². The van der Waals surface area contributed by atoms with E-state index in [1.54, 1.807) is 22.9 Å². The third-order valence-electron chi connectivity index (χ3n) is 3.72. The number of fused-ring (bicyclic) bond motifs is 1. The highest BCUT2D eigenvalue weighted by molar-refractivity contribution is 7.99. The van der Waals surface area contributed by atoms with Gasteiger partial charge in [0.15, 0.2) is 10.9 Å². The number of nitrogens with one attached hydrogen (secondary N) is 1. The Balaban J connectivity index is 1.91. The fraction of sp³-hybridized carbons (Fsp3) is 0.294. The van der Waals surface area contributed by atoms with E-state index in [1.165, 1.54) is 17.8 Å². The third-order valence-corrected chi connectivity index (χ3v) is 4.69. The van der Waals surface area contributed by atoms with Gasteiger partial charge < -0.3 is 9.55 Å². The predicted octanol–water partition coefficient (Wildman–Crippen LogP) is 4.77. The van der Waals surface area contributed by atoms with Crippen molar-refractivity contribution >= 4 is 28.6 Å². The van der Waals surface area contributed by atoms with Gasteiger partial charge in [0.2, 0.25) is 0 Å². The molecule has 0 bridgehead atoms. The number of alkyl halides is 3. The molecule has 4 nitrogen and oxygen atoms in total. The summed E-state index contributed by atoms with van der Waals surface area (Å²) < 4.78 is 40.7. The maximum atomic E-state index is 13.0. The number of carbonyl (C=O) groups excluding carboxylic acids is 1. The van der Waals surface area contributed by atoms with Gasteiger partial charge in [-0.1, -0.05) is 18.7 Å². The molecule has 0 amide bonds. The lowest BCUT2D eigenvalue weighted by Gasteiger charge is -2.09. The molecule has 1 aromatic carbocycles. The van der Waals surface area contributed by atoms with Crippen molar-refractivity contribution in [2.75, 3.05) is 5.75 Å². The zero-order valence-electron chi connectivity index (χ0n) is 13.4. The number of aryl methyl sites for hydroxylation is 1. The van der Waals surface area contributed by atoms with Gasteiger partial charge in [0.25, 0.3) is 0 Å². The van der Waals surface area contributed by atoms with Crippen LogP contribution in [0.1, 0.15) is 29.4 Å². The van der Waals surface area contributed by atoms with Gasteiger partial charge in [0.05, 0.1) is 28.0 Å². The maximum Gasteiger partial charge on any atom is 0.416 e. The lowest BCUT2D eigenvalue weighted by molar-refractivity contribution is -0.137. The van der Waals surface area contributed by atoms with E-state index < -0.39 is 11.7 Å². The fourth-order valence-electron chi connectivity index (χ4n) is 2.54. The van der Waals surface area contributed by atoms with E-state index in [-0.39, 0.29) is 11.5 Å². The van der Waals surface area contributed by atoms with Crippen molar-refractivity contribution in [2.24, 2.45) is 0 Å². The van der Waals surface area contributed by atoms with Crippen LogP contribution in [0.5, 0.6) is 0 Å². The number of carbonyl (C=O) groups is 1. The number of halogens is 3. The first-order valence-corrected chi connectivity index (χ1v) is 8.75. The Bertz CT molecular complexity index is 885. The standard InChI is InChI=1S/C17H16F3N3OS/c1-2-8-23-14-9-11(17(18,19)20)5-6-12(14)22-16(23)25-10-15(24)13-4-3-7-21-13/h3-7,9,21H,2,8,10H2,1H3. The van der Waals surface area contributed by atoms with Crippen LogP contribution in [0.3, 0.4) is 0 Å². The van der Waals surface area contributed by atoms with Crippen LogP contribution in [-0.4, -0.2) is 26.1 Å². The summed E-state index contributed by atoms with van der Waals surface area (Å²) in [5.74, 6) is 0.0840. The molecule has 132 valence electrons. The van der Waals surface area contributed by atoms with E-state index in [0.29, 0.717) is 28.4 Å². The van der Waals surface area contributed by atoms with Gasteiger partial charge in [-0.3, -0.25) is 4.79 Å². The van der Waals surface area contributed by atoms with Gasteiger partial charge >= 0.3 is 6.18 Å². The fourth-order valence-corrected chi connectivity index (χ4v) is 3.46. The van der Waals surface area contributed by atoms with Crippen molar-refractivity contribution in [3.63, 3.8) is 0 Å². The molecule has 0 atom stereocenters. The normalized spacial score (nSPS) is 12.0. The largest absolute Gasteiger partial charge is 0.416 e. The number of imidazole rings is 1. The molecule has 0 aliphatic carbocycles. The van der Waals surface area contributed by atoms with Gasteiger partial charge in [-0.05, 0) is 36.8 Å². The summed E-state index contributed by atoms with van der Waals surface area (Å²) in [6.45, 7) is 2.48. The van der Waals surface area contributed by atoms with Gasteiger partial charge in [0, 0.05) is 12.7 Å². The number of benzene rings is 1. The van der Waals surface area contributed by atoms with Gasteiger partial charge in [0.1, 0.15) is 0 Å². The number of hydrogen-bond donors (Lipinski definition) is 1. The number of rotatable bonds is 6. The summed E-state index contributed by atoms with van der Waals surface area (Å²) in [6, 6.07) is 6.95. The first-order valence-electron chi connectivity index (χ1n) is 7.77. The topological polar surface area (TPSA) is 50.7 Å². The number of thioether (sulfide) groups is 1. The summed E-state index contributed by atoms with van der Waals surface area (Å²) >= 11 is 1.23. The van der Waals surface area contributed by atoms with Crippen molar-refractivity contribution < 1.29 is 18.0 Å². The number of nitrogens with zero attached hydrogens (tertiary/aromatic N) is 2. The van der Waals surface area contributed by atoms with Crippen molar-refractivity contribution in [1.29, 1.82) is 0 Å². The van der Waals surface area contributed by atoms with Crippen LogP contribution in [0, 0.1) is 0 Å². The van der Waals surface area contributed by atoms with Crippen LogP contribution in [0.25, 0.3) is 11.0 Å². The van der Waals surface area contributed by atoms with E-state index >= 15 is 0 Å². The molecule has 0 aliphatic heterocycles. The Labute approximate surface area is 146 Å². The van der Waals surface area contributed by atoms with Gasteiger partial charge in [-0.15, -0.1) is 0 Å². The maximum absolute atomic E-state index is 13.0. The highest BCUT2D eigenvalue weighted by atomic mass is 32.2. The van der Waals surface area contributed by atoms with E-state index in [1.807, 2.05) is 6.92 Å². The molecule has 2 aromatic heterocycles. The quantitative estimate of drug-likeness (QED) is 0.504. The first-order chi connectivity index (χ1) is 11.9. The molecule has 0 fully saturated rings. The molecule has 2 heterocycles. The summed E-state index contributed by atoms with van der Waals surface area (Å²) in [4.78, 5) is 19.4. The lowest BCUT2D eigenvalue weighted by Crippen LogP contribution is -2.06. The Hall–Kier alpha value is -2.22. The SMILES string of the molecule is CCCn1c(SCC(=O)c2ccc[nH]2)nc2ccc(C(F)(F)F)cc21. The van der Waals surface area contributed by atoms with E-state index in [4.69, 9.17) is 0 Å². The summed E-state index contributed by atoms with van der Waals surface area (Å²) in [5.41, 5.74) is 0.740. The van der Waals surface area contributed by atoms with Crippen molar-refractivity contribution in [3.8, 4) is 0 Å². The summed E-state index contributed by atoms with van der Waals surface area (Å²) in [7, 11) is 0. The number of H-pyrrole nitrogens is 1. The molecule has 0 saturated heterocycles. The Morgan fingerprint density at radius 1 is 1.32 bits per heavy atom. The minimum Gasteiger partial charge on any atom is -0.359 e. The summed E-state index contributed by atoms with van der Waals surface area (Å²) in [6.07, 6.45) is -1.98. The second-order valence-electron chi connectivity index (χ2n) is 5.54. The molecule has 0 spiro atoms. The molecule has 3 rings (SSSR count). The molecule has 8 heteroatoms. The van der Waals surface area contributed by atoms with Crippen LogP contribution in [0.4, 0.5) is 13.2 Å². The molecule has 0 radical (unpaired) electrons.